The molecule has 0 bridgehead atoms. The maximum atomic E-state index is 13.7. The number of anilines is 1. The minimum atomic E-state index is -1.71. The number of nitrogens with one attached hydrogen (secondary N) is 4. The summed E-state index contributed by atoms with van der Waals surface area (Å²) in [6.07, 6.45) is 0. The molecule has 0 fully saturated rings. The number of carbonyl (C=O) groups is 3. The predicted octanol–water partition coefficient (Wildman–Crippen LogP) is 2.22. The van der Waals surface area contributed by atoms with Crippen LogP contribution in [0.25, 0.3) is 0 Å². The fourth-order valence-corrected chi connectivity index (χ4v) is 2.41. The van der Waals surface area contributed by atoms with E-state index in [2.05, 4.69) is 21.3 Å². The van der Waals surface area contributed by atoms with Crippen LogP contribution >= 0.6 is 0 Å². The van der Waals surface area contributed by atoms with E-state index in [0.717, 1.165) is 6.07 Å². The van der Waals surface area contributed by atoms with Gasteiger partial charge in [0.05, 0.1) is 12.2 Å². The van der Waals surface area contributed by atoms with Crippen LogP contribution < -0.4 is 21.3 Å². The molecule has 0 spiro atoms. The van der Waals surface area contributed by atoms with Crippen molar-refractivity contribution in [2.75, 3.05) is 18.4 Å². The summed E-state index contributed by atoms with van der Waals surface area (Å²) in [6.45, 7) is 1.52. The Morgan fingerprint density at radius 1 is 0.966 bits per heavy atom. The summed E-state index contributed by atoms with van der Waals surface area (Å²) in [7, 11) is 0. The van der Waals surface area contributed by atoms with Crippen LogP contribution in [0.2, 0.25) is 0 Å². The highest BCUT2D eigenvalue weighted by molar-refractivity contribution is 5.98. The van der Waals surface area contributed by atoms with Gasteiger partial charge in [0, 0.05) is 6.54 Å². The molecule has 1 atom stereocenters. The SMILES string of the molecule is CCNC(=O)NC(=O)[C@@H](NCC(=O)Nc1ccc(F)c(F)c1F)c1ccccc1. The highest BCUT2D eigenvalue weighted by atomic mass is 19.2. The maximum Gasteiger partial charge on any atom is 0.321 e. The van der Waals surface area contributed by atoms with Crippen LogP contribution in [0.3, 0.4) is 0 Å². The van der Waals surface area contributed by atoms with Crippen LogP contribution in [0, 0.1) is 17.5 Å². The molecule has 2 aromatic carbocycles. The molecule has 0 saturated heterocycles. The first-order valence-electron chi connectivity index (χ1n) is 8.63. The molecule has 0 aliphatic heterocycles. The second-order valence-corrected chi connectivity index (χ2v) is 5.84. The standard InChI is InChI=1S/C19H19F3N4O3/c1-2-23-19(29)26-18(28)17(11-6-4-3-5-7-11)24-10-14(27)25-13-9-8-12(20)15(21)16(13)22/h3-9,17,24H,2,10H2,1H3,(H,25,27)(H2,23,26,28,29)/t17-/m0/s1. The van der Waals surface area contributed by atoms with Gasteiger partial charge in [0.15, 0.2) is 17.5 Å². The fraction of sp³-hybridized carbons (Fsp3) is 0.211. The van der Waals surface area contributed by atoms with Crippen molar-refractivity contribution >= 4 is 23.5 Å². The lowest BCUT2D eigenvalue weighted by Gasteiger charge is -2.18. The summed E-state index contributed by atoms with van der Waals surface area (Å²) in [5, 5.41) is 9.30. The Morgan fingerprint density at radius 3 is 2.31 bits per heavy atom. The normalized spacial score (nSPS) is 11.4. The smallest absolute Gasteiger partial charge is 0.321 e. The number of urea groups is 1. The number of benzene rings is 2. The Balaban J connectivity index is 2.07. The quantitative estimate of drug-likeness (QED) is 0.528. The number of amides is 4. The Kier molecular flexibility index (Phi) is 7.72. The Hall–Kier alpha value is -3.40. The van der Waals surface area contributed by atoms with Crippen molar-refractivity contribution < 1.29 is 27.6 Å². The monoisotopic (exact) mass is 408 g/mol. The van der Waals surface area contributed by atoms with E-state index < -0.39 is 53.6 Å². The summed E-state index contributed by atoms with van der Waals surface area (Å²) < 4.78 is 39.9. The lowest BCUT2D eigenvalue weighted by atomic mass is 10.1. The van der Waals surface area contributed by atoms with Gasteiger partial charge in [-0.25, -0.2) is 18.0 Å². The molecule has 29 heavy (non-hydrogen) atoms. The second-order valence-electron chi connectivity index (χ2n) is 5.84. The molecule has 0 aliphatic carbocycles. The third kappa shape index (κ3) is 6.04. The van der Waals surface area contributed by atoms with Crippen molar-refractivity contribution in [2.45, 2.75) is 13.0 Å². The number of carbonyl (C=O) groups excluding carboxylic acids is 3. The Bertz CT molecular complexity index is 894. The van der Waals surface area contributed by atoms with E-state index in [1.54, 1.807) is 37.3 Å². The zero-order valence-corrected chi connectivity index (χ0v) is 15.4. The zero-order valence-electron chi connectivity index (χ0n) is 15.4. The molecule has 0 unspecified atom stereocenters. The third-order valence-electron chi connectivity index (χ3n) is 3.75. The van der Waals surface area contributed by atoms with Crippen LogP contribution in [0.4, 0.5) is 23.7 Å². The van der Waals surface area contributed by atoms with Crippen molar-refractivity contribution in [3.63, 3.8) is 0 Å². The van der Waals surface area contributed by atoms with E-state index in [9.17, 15) is 27.6 Å². The molecule has 2 aromatic rings. The summed E-state index contributed by atoms with van der Waals surface area (Å²) in [6, 6.07) is 8.06. The van der Waals surface area contributed by atoms with Crippen molar-refractivity contribution in [2.24, 2.45) is 0 Å². The molecule has 0 heterocycles. The second kappa shape index (κ2) is 10.2. The first kappa shape index (κ1) is 21.9. The van der Waals surface area contributed by atoms with E-state index in [1.165, 1.54) is 0 Å². The van der Waals surface area contributed by atoms with Gasteiger partial charge in [-0.1, -0.05) is 30.3 Å². The molecule has 0 aromatic heterocycles. The summed E-state index contributed by atoms with van der Waals surface area (Å²) in [5.74, 6) is -6.15. The van der Waals surface area contributed by atoms with Gasteiger partial charge >= 0.3 is 6.03 Å². The van der Waals surface area contributed by atoms with Gasteiger partial charge in [0.25, 0.3) is 0 Å². The fourth-order valence-electron chi connectivity index (χ4n) is 2.41. The zero-order chi connectivity index (χ0) is 21.4. The molecule has 0 saturated carbocycles. The van der Waals surface area contributed by atoms with E-state index in [1.807, 2.05) is 0 Å². The molecule has 4 N–H and O–H groups in total. The van der Waals surface area contributed by atoms with Gasteiger partial charge < -0.3 is 10.6 Å². The molecule has 10 heteroatoms. The molecular weight excluding hydrogens is 389 g/mol. The van der Waals surface area contributed by atoms with Crippen LogP contribution in [0.1, 0.15) is 18.5 Å². The number of rotatable bonds is 7. The van der Waals surface area contributed by atoms with Gasteiger partial charge in [-0.3, -0.25) is 20.2 Å². The van der Waals surface area contributed by atoms with Crippen LogP contribution in [0.15, 0.2) is 42.5 Å². The minimum absolute atomic E-state index is 0.310. The summed E-state index contributed by atoms with van der Waals surface area (Å²) in [4.78, 5) is 36.1. The van der Waals surface area contributed by atoms with E-state index in [-0.39, 0.29) is 0 Å². The van der Waals surface area contributed by atoms with Crippen molar-refractivity contribution in [1.29, 1.82) is 0 Å². The van der Waals surface area contributed by atoms with Crippen LogP contribution in [0.5, 0.6) is 0 Å². The van der Waals surface area contributed by atoms with Crippen LogP contribution in [-0.2, 0) is 9.59 Å². The highest BCUT2D eigenvalue weighted by Crippen LogP contribution is 2.19. The van der Waals surface area contributed by atoms with E-state index in [0.29, 0.717) is 18.2 Å². The molecule has 0 aliphatic rings. The predicted molar refractivity (Wildman–Crippen MR) is 99.3 cm³/mol. The van der Waals surface area contributed by atoms with E-state index in [4.69, 9.17) is 0 Å². The van der Waals surface area contributed by atoms with Crippen LogP contribution in [-0.4, -0.2) is 30.9 Å². The number of halogens is 3. The molecule has 154 valence electrons. The summed E-state index contributed by atoms with van der Waals surface area (Å²) in [5.41, 5.74) is -0.0696. The lowest BCUT2D eigenvalue weighted by molar-refractivity contribution is -0.122. The highest BCUT2D eigenvalue weighted by Gasteiger charge is 2.23. The number of hydrogen-bond acceptors (Lipinski definition) is 4. The average molecular weight is 408 g/mol. The topological polar surface area (TPSA) is 99.3 Å². The van der Waals surface area contributed by atoms with Crippen molar-refractivity contribution in [1.82, 2.24) is 16.0 Å². The van der Waals surface area contributed by atoms with E-state index >= 15 is 0 Å². The first-order chi connectivity index (χ1) is 13.8. The number of hydrogen-bond donors (Lipinski definition) is 4. The number of imide groups is 1. The van der Waals surface area contributed by atoms with Gasteiger partial charge in [-0.2, -0.15) is 0 Å². The van der Waals surface area contributed by atoms with Gasteiger partial charge in [-0.05, 0) is 24.6 Å². The van der Waals surface area contributed by atoms with Crippen molar-refractivity contribution in [3.05, 3.63) is 65.5 Å². The third-order valence-corrected chi connectivity index (χ3v) is 3.75. The maximum absolute atomic E-state index is 13.7. The largest absolute Gasteiger partial charge is 0.338 e. The molecule has 0 radical (unpaired) electrons. The van der Waals surface area contributed by atoms with Gasteiger partial charge in [0.1, 0.15) is 6.04 Å². The Morgan fingerprint density at radius 2 is 1.66 bits per heavy atom. The first-order valence-corrected chi connectivity index (χ1v) is 8.63. The van der Waals surface area contributed by atoms with Gasteiger partial charge in [-0.15, -0.1) is 0 Å². The molecular formula is C19H19F3N4O3. The molecule has 4 amide bonds. The minimum Gasteiger partial charge on any atom is -0.338 e. The van der Waals surface area contributed by atoms with Gasteiger partial charge in [0.2, 0.25) is 11.8 Å². The summed E-state index contributed by atoms with van der Waals surface area (Å²) >= 11 is 0. The Labute approximate surface area is 164 Å². The van der Waals surface area contributed by atoms with Crippen molar-refractivity contribution in [3.8, 4) is 0 Å². The average Bonchev–Trinajstić information content (AvgIpc) is 2.69. The lowest BCUT2D eigenvalue weighted by Crippen LogP contribution is -2.46. The molecule has 2 rings (SSSR count). The molecule has 7 nitrogen and oxygen atoms in total.